The molecule has 0 aromatic heterocycles. The zero-order chi connectivity index (χ0) is 15.1. The summed E-state index contributed by atoms with van der Waals surface area (Å²) in [5.74, 6) is 0.104. The van der Waals surface area contributed by atoms with E-state index in [4.69, 9.17) is 0 Å². The van der Waals surface area contributed by atoms with Gasteiger partial charge in [-0.2, -0.15) is 0 Å². The van der Waals surface area contributed by atoms with E-state index in [1.807, 2.05) is 6.08 Å². The molecular formula is C18H32O2. The fourth-order valence-electron chi connectivity index (χ4n) is 2.04. The lowest BCUT2D eigenvalue weighted by Crippen LogP contribution is -2.03. The van der Waals surface area contributed by atoms with Gasteiger partial charge in [-0.1, -0.05) is 70.6 Å². The Labute approximate surface area is 125 Å². The zero-order valence-electron chi connectivity index (χ0n) is 13.3. The molecule has 1 atom stereocenters. The molecule has 0 rings (SSSR count). The summed E-state index contributed by atoms with van der Waals surface area (Å²) in [7, 11) is 0. The third-order valence-electron chi connectivity index (χ3n) is 3.32. The first-order valence-corrected chi connectivity index (χ1v) is 8.24. The molecule has 20 heavy (non-hydrogen) atoms. The van der Waals surface area contributed by atoms with Crippen LogP contribution in [0.15, 0.2) is 24.3 Å². The molecule has 0 saturated carbocycles. The summed E-state index contributed by atoms with van der Waals surface area (Å²) in [5.41, 5.74) is 0. The normalized spacial score (nSPS) is 13.3. The first-order valence-electron chi connectivity index (χ1n) is 8.24. The molecule has 0 aliphatic heterocycles. The van der Waals surface area contributed by atoms with Crippen LogP contribution in [0.5, 0.6) is 0 Å². The Morgan fingerprint density at radius 2 is 1.75 bits per heavy atom. The van der Waals surface area contributed by atoms with E-state index in [0.717, 1.165) is 25.7 Å². The van der Waals surface area contributed by atoms with E-state index in [-0.39, 0.29) is 5.78 Å². The maximum Gasteiger partial charge on any atom is 0.155 e. The molecule has 0 spiro atoms. The van der Waals surface area contributed by atoms with Gasteiger partial charge in [0.1, 0.15) is 0 Å². The molecule has 0 aromatic carbocycles. The Hall–Kier alpha value is -0.890. The van der Waals surface area contributed by atoms with Gasteiger partial charge < -0.3 is 5.11 Å². The lowest BCUT2D eigenvalue weighted by atomic mass is 10.1. The minimum Gasteiger partial charge on any atom is -0.389 e. The maximum atomic E-state index is 11.5. The van der Waals surface area contributed by atoms with Gasteiger partial charge in [-0.05, 0) is 25.3 Å². The van der Waals surface area contributed by atoms with E-state index in [1.165, 1.54) is 32.1 Å². The Balaban J connectivity index is 3.57. The average Bonchev–Trinajstić information content (AvgIpc) is 2.45. The van der Waals surface area contributed by atoms with E-state index in [1.54, 1.807) is 12.2 Å². The summed E-state index contributed by atoms with van der Waals surface area (Å²) in [4.78, 5) is 11.5. The molecular weight excluding hydrogens is 248 g/mol. The molecule has 0 radical (unpaired) electrons. The number of unbranched alkanes of at least 4 members (excludes halogenated alkanes) is 5. The monoisotopic (exact) mass is 280 g/mol. The maximum absolute atomic E-state index is 11.5. The van der Waals surface area contributed by atoms with Gasteiger partial charge in [-0.15, -0.1) is 0 Å². The highest BCUT2D eigenvalue weighted by molar-refractivity contribution is 5.89. The lowest BCUT2D eigenvalue weighted by Gasteiger charge is -2.05. The van der Waals surface area contributed by atoms with Gasteiger partial charge in [-0.25, -0.2) is 0 Å². The number of ketones is 1. The van der Waals surface area contributed by atoms with Crippen molar-refractivity contribution in [3.63, 3.8) is 0 Å². The standard InChI is InChI=1S/C18H32O2/c1-3-5-7-9-10-12-14-18(20)16-15-17(19)13-11-8-6-4-2/h6,8,15-16,18,20H,3-5,7,9-14H2,1-2H3/b8-6-,16-15+. The molecule has 0 fully saturated rings. The summed E-state index contributed by atoms with van der Waals surface area (Å²) >= 11 is 0. The fraction of sp³-hybridized carbons (Fsp3) is 0.722. The van der Waals surface area contributed by atoms with Crippen LogP contribution in [0.3, 0.4) is 0 Å². The molecule has 0 bridgehead atoms. The van der Waals surface area contributed by atoms with Crippen LogP contribution in [0.2, 0.25) is 0 Å². The van der Waals surface area contributed by atoms with Crippen LogP contribution in [0, 0.1) is 0 Å². The van der Waals surface area contributed by atoms with Gasteiger partial charge in [0.25, 0.3) is 0 Å². The molecule has 1 N–H and O–H groups in total. The molecule has 0 aromatic rings. The number of carbonyl (C=O) groups is 1. The van der Waals surface area contributed by atoms with Crippen molar-refractivity contribution in [2.45, 2.75) is 84.2 Å². The minimum absolute atomic E-state index is 0.104. The minimum atomic E-state index is -0.462. The van der Waals surface area contributed by atoms with E-state index < -0.39 is 6.10 Å². The molecule has 2 heteroatoms. The predicted octanol–water partition coefficient (Wildman–Crippen LogP) is 4.97. The van der Waals surface area contributed by atoms with Crippen LogP contribution in [0.4, 0.5) is 0 Å². The molecule has 0 amide bonds. The van der Waals surface area contributed by atoms with Gasteiger partial charge in [0.05, 0.1) is 6.10 Å². The van der Waals surface area contributed by atoms with Crippen molar-refractivity contribution in [2.24, 2.45) is 0 Å². The third kappa shape index (κ3) is 13.5. The Bertz CT molecular complexity index is 279. The van der Waals surface area contributed by atoms with Gasteiger partial charge in [0.2, 0.25) is 0 Å². The third-order valence-corrected chi connectivity index (χ3v) is 3.32. The van der Waals surface area contributed by atoms with Crippen molar-refractivity contribution in [1.29, 1.82) is 0 Å². The van der Waals surface area contributed by atoms with Crippen molar-refractivity contribution in [3.05, 3.63) is 24.3 Å². The van der Waals surface area contributed by atoms with Gasteiger partial charge >= 0.3 is 0 Å². The highest BCUT2D eigenvalue weighted by atomic mass is 16.3. The molecule has 1 unspecified atom stereocenters. The van der Waals surface area contributed by atoms with Crippen molar-refractivity contribution < 1.29 is 9.90 Å². The van der Waals surface area contributed by atoms with Crippen LogP contribution in [-0.4, -0.2) is 17.0 Å². The van der Waals surface area contributed by atoms with Gasteiger partial charge in [0.15, 0.2) is 5.78 Å². The number of rotatable bonds is 13. The summed E-state index contributed by atoms with van der Waals surface area (Å²) in [6, 6.07) is 0. The van der Waals surface area contributed by atoms with Crippen molar-refractivity contribution in [2.75, 3.05) is 0 Å². The van der Waals surface area contributed by atoms with Crippen LogP contribution >= 0.6 is 0 Å². The summed E-state index contributed by atoms with van der Waals surface area (Å²) < 4.78 is 0. The number of aliphatic hydroxyl groups is 1. The van der Waals surface area contributed by atoms with Gasteiger partial charge in [-0.3, -0.25) is 4.79 Å². The fourth-order valence-corrected chi connectivity index (χ4v) is 2.04. The molecule has 116 valence electrons. The van der Waals surface area contributed by atoms with Crippen LogP contribution < -0.4 is 0 Å². The number of allylic oxidation sites excluding steroid dienone is 3. The van der Waals surface area contributed by atoms with Crippen LogP contribution in [0.25, 0.3) is 0 Å². The average molecular weight is 280 g/mol. The van der Waals surface area contributed by atoms with E-state index in [0.29, 0.717) is 6.42 Å². The van der Waals surface area contributed by atoms with Crippen molar-refractivity contribution in [3.8, 4) is 0 Å². The SMILES string of the molecule is CC/C=C\CCC(=O)/C=C/C(O)CCCCCCCC. The first kappa shape index (κ1) is 19.1. The summed E-state index contributed by atoms with van der Waals surface area (Å²) in [6.45, 7) is 4.29. The highest BCUT2D eigenvalue weighted by Gasteiger charge is 2.01. The molecule has 0 aliphatic rings. The van der Waals surface area contributed by atoms with E-state index in [9.17, 15) is 9.90 Å². The molecule has 0 aliphatic carbocycles. The first-order chi connectivity index (χ1) is 9.70. The molecule has 0 saturated heterocycles. The Kier molecular flexibility index (Phi) is 13.9. The number of hydrogen-bond acceptors (Lipinski definition) is 2. The number of hydrogen-bond donors (Lipinski definition) is 1. The quantitative estimate of drug-likeness (QED) is 0.294. The number of carbonyl (C=O) groups excluding carboxylic acids is 1. The van der Waals surface area contributed by atoms with Crippen LogP contribution in [0.1, 0.15) is 78.1 Å². The Morgan fingerprint density at radius 1 is 1.05 bits per heavy atom. The smallest absolute Gasteiger partial charge is 0.155 e. The largest absolute Gasteiger partial charge is 0.389 e. The van der Waals surface area contributed by atoms with Crippen molar-refractivity contribution in [1.82, 2.24) is 0 Å². The summed E-state index contributed by atoms with van der Waals surface area (Å²) in [6.07, 6.45) is 17.3. The predicted molar refractivity (Wildman–Crippen MR) is 86.8 cm³/mol. The van der Waals surface area contributed by atoms with Crippen molar-refractivity contribution >= 4 is 5.78 Å². The van der Waals surface area contributed by atoms with Gasteiger partial charge in [0, 0.05) is 6.42 Å². The second-order valence-electron chi connectivity index (χ2n) is 5.37. The van der Waals surface area contributed by atoms with E-state index >= 15 is 0 Å². The molecule has 2 nitrogen and oxygen atoms in total. The number of aliphatic hydroxyl groups excluding tert-OH is 1. The molecule has 0 heterocycles. The lowest BCUT2D eigenvalue weighted by molar-refractivity contribution is -0.114. The second-order valence-corrected chi connectivity index (χ2v) is 5.37. The topological polar surface area (TPSA) is 37.3 Å². The Morgan fingerprint density at radius 3 is 2.45 bits per heavy atom. The van der Waals surface area contributed by atoms with Crippen LogP contribution in [-0.2, 0) is 4.79 Å². The highest BCUT2D eigenvalue weighted by Crippen LogP contribution is 2.09. The zero-order valence-corrected chi connectivity index (χ0v) is 13.3. The summed E-state index contributed by atoms with van der Waals surface area (Å²) in [5, 5.41) is 9.76. The second kappa shape index (κ2) is 14.5. The van der Waals surface area contributed by atoms with E-state index in [2.05, 4.69) is 19.9 Å².